The van der Waals surface area contributed by atoms with Crippen LogP contribution in [-0.2, 0) is 0 Å². The molecule has 250 valence electrons. The fourth-order valence-electron chi connectivity index (χ4n) is 8.10. The molecule has 0 atom stereocenters. The van der Waals surface area contributed by atoms with Crippen molar-refractivity contribution < 1.29 is 29.4 Å². The molecular weight excluding hydrogens is 657 g/mol. The number of hydrogen-bond acceptors (Lipinski definition) is 2. The summed E-state index contributed by atoms with van der Waals surface area (Å²) in [6.45, 7) is 0. The second kappa shape index (κ2) is 11.2. The van der Waals surface area contributed by atoms with Crippen molar-refractivity contribution in [1.29, 1.82) is 0 Å². The monoisotopic (exact) mass is 701 g/mol. The standard InChI is InChI=1S/C52H30O2/c1-2-14-35-31(11-1)12-9-21-38(35)50-41-17-5-3-15-39(41)49(40-16-4-6-18-42(40)50)34-24-25-37-32(29-34)13-10-20-36(37)33-23-26-44-48(30-33)54-47-28-27-46-51(52(44)47)43-19-7-8-22-45(43)53-46/h1-30H/i1D,2D,3D,4D,5D,6D,9D,11D,12D,14D,15D,16D,17D,18D,21D. The zero-order chi connectivity index (χ0) is 48.4. The topological polar surface area (TPSA) is 26.3 Å². The van der Waals surface area contributed by atoms with E-state index in [1.165, 1.54) is 0 Å². The maximum absolute atomic E-state index is 9.46. The molecule has 0 radical (unpaired) electrons. The second-order valence-corrected chi connectivity index (χ2v) is 13.2. The van der Waals surface area contributed by atoms with E-state index in [0.717, 1.165) is 49.2 Å². The molecular formula is C52H30O2. The number of para-hydroxylation sites is 1. The SMILES string of the molecule is [2H]c1c([2H])c([2H])c2c(-c3c4c([2H])c([2H])c([2H])c([2H])c4c(-c4ccc5c(-c6ccc7c(c6)oc6ccc8oc9ccccc9c8c67)cccc5c4)c4c([2H])c([2H])c([2H])c([2H])c34)c([2H])c([2H])c([2H])c2c1[2H]. The van der Waals surface area contributed by atoms with Crippen LogP contribution in [-0.4, -0.2) is 0 Å². The Balaban J connectivity index is 1.17. The lowest BCUT2D eigenvalue weighted by Crippen LogP contribution is -1.92. The molecule has 0 bridgehead atoms. The van der Waals surface area contributed by atoms with E-state index in [2.05, 4.69) is 0 Å². The normalized spacial score (nSPS) is 16.0. The molecule has 2 heterocycles. The van der Waals surface area contributed by atoms with Gasteiger partial charge in [-0.1, -0.05) is 145 Å². The van der Waals surface area contributed by atoms with E-state index in [0.29, 0.717) is 22.1 Å². The number of benzene rings is 10. The van der Waals surface area contributed by atoms with E-state index in [1.807, 2.05) is 78.9 Å². The number of fused-ring (bicyclic) bond motifs is 11. The third-order valence-corrected chi connectivity index (χ3v) is 10.4. The third-order valence-electron chi connectivity index (χ3n) is 10.4. The van der Waals surface area contributed by atoms with E-state index >= 15 is 0 Å². The highest BCUT2D eigenvalue weighted by atomic mass is 16.3. The highest BCUT2D eigenvalue weighted by Gasteiger charge is 2.20. The molecule has 12 rings (SSSR count). The summed E-state index contributed by atoms with van der Waals surface area (Å²) in [4.78, 5) is 0. The van der Waals surface area contributed by atoms with Crippen LogP contribution in [0.5, 0.6) is 0 Å². The maximum Gasteiger partial charge on any atom is 0.136 e. The van der Waals surface area contributed by atoms with E-state index < -0.39 is 107 Å². The molecule has 2 nitrogen and oxygen atoms in total. The second-order valence-electron chi connectivity index (χ2n) is 13.2. The molecule has 0 aliphatic carbocycles. The van der Waals surface area contributed by atoms with Gasteiger partial charge < -0.3 is 8.83 Å². The van der Waals surface area contributed by atoms with Gasteiger partial charge in [-0.05, 0) is 113 Å². The van der Waals surface area contributed by atoms with Crippen LogP contribution in [0, 0.1) is 0 Å². The first-order valence-corrected chi connectivity index (χ1v) is 17.3. The summed E-state index contributed by atoms with van der Waals surface area (Å²) in [5, 5.41) is 3.42. The summed E-state index contributed by atoms with van der Waals surface area (Å²) >= 11 is 0. The van der Waals surface area contributed by atoms with Gasteiger partial charge in [-0.3, -0.25) is 0 Å². The molecule has 12 aromatic rings. The van der Waals surface area contributed by atoms with Crippen molar-refractivity contribution in [2.24, 2.45) is 0 Å². The van der Waals surface area contributed by atoms with Gasteiger partial charge >= 0.3 is 0 Å². The summed E-state index contributed by atoms with van der Waals surface area (Å²) in [6, 6.07) is 18.4. The average Bonchev–Trinajstić information content (AvgIpc) is 3.93. The minimum absolute atomic E-state index is 0.0257. The quantitative estimate of drug-likeness (QED) is 0.171. The predicted molar refractivity (Wildman–Crippen MR) is 227 cm³/mol. The van der Waals surface area contributed by atoms with Gasteiger partial charge in [-0.15, -0.1) is 0 Å². The summed E-state index contributed by atoms with van der Waals surface area (Å²) in [5.41, 5.74) is 4.09. The Bertz CT molecular complexity index is 4290. The first kappa shape index (κ1) is 18.6. The van der Waals surface area contributed by atoms with Gasteiger partial charge in [0.15, 0.2) is 0 Å². The molecule has 2 aromatic heterocycles. The maximum atomic E-state index is 9.46. The Hall–Kier alpha value is -7.16. The molecule has 0 spiro atoms. The number of furan rings is 2. The van der Waals surface area contributed by atoms with E-state index in [1.54, 1.807) is 12.1 Å². The minimum atomic E-state index is -0.761. The van der Waals surface area contributed by atoms with Crippen molar-refractivity contribution in [2.45, 2.75) is 0 Å². The summed E-state index contributed by atoms with van der Waals surface area (Å²) < 4.78 is 148. The van der Waals surface area contributed by atoms with Crippen LogP contribution in [0.15, 0.2) is 190 Å². The Morgan fingerprint density at radius 2 is 0.944 bits per heavy atom. The van der Waals surface area contributed by atoms with Gasteiger partial charge in [0, 0.05) is 21.5 Å². The summed E-state index contributed by atoms with van der Waals surface area (Å²) in [5.74, 6) is 0. The molecule has 0 N–H and O–H groups in total. The van der Waals surface area contributed by atoms with Gasteiger partial charge in [0.25, 0.3) is 0 Å². The van der Waals surface area contributed by atoms with Crippen molar-refractivity contribution in [1.82, 2.24) is 0 Å². The van der Waals surface area contributed by atoms with Gasteiger partial charge in [0.05, 0.1) is 20.6 Å². The van der Waals surface area contributed by atoms with E-state index in [4.69, 9.17) is 22.5 Å². The molecule has 54 heavy (non-hydrogen) atoms. The molecule has 0 amide bonds. The Kier molecular flexibility index (Phi) is 3.84. The zero-order valence-electron chi connectivity index (χ0n) is 43.0. The van der Waals surface area contributed by atoms with Crippen LogP contribution in [0.3, 0.4) is 0 Å². The van der Waals surface area contributed by atoms with Crippen LogP contribution < -0.4 is 0 Å². The van der Waals surface area contributed by atoms with E-state index in [-0.39, 0.29) is 32.7 Å². The number of hydrogen-bond donors (Lipinski definition) is 0. The van der Waals surface area contributed by atoms with Crippen molar-refractivity contribution in [3.05, 3.63) is 182 Å². The van der Waals surface area contributed by atoms with Crippen molar-refractivity contribution in [2.75, 3.05) is 0 Å². The Morgan fingerprint density at radius 1 is 0.333 bits per heavy atom. The lowest BCUT2D eigenvalue weighted by atomic mass is 9.84. The fourth-order valence-corrected chi connectivity index (χ4v) is 8.10. The Labute approximate surface area is 331 Å². The van der Waals surface area contributed by atoms with Crippen LogP contribution in [0.25, 0.3) is 120 Å². The largest absolute Gasteiger partial charge is 0.456 e. The van der Waals surface area contributed by atoms with Gasteiger partial charge in [-0.25, -0.2) is 0 Å². The zero-order valence-corrected chi connectivity index (χ0v) is 28.0. The summed E-state index contributed by atoms with van der Waals surface area (Å²) in [7, 11) is 0. The van der Waals surface area contributed by atoms with Crippen molar-refractivity contribution in [3.8, 4) is 33.4 Å². The number of rotatable bonds is 3. The molecule has 0 saturated carbocycles. The van der Waals surface area contributed by atoms with Crippen LogP contribution in [0.4, 0.5) is 0 Å². The third kappa shape index (κ3) is 4.17. The minimum Gasteiger partial charge on any atom is -0.456 e. The highest BCUT2D eigenvalue weighted by Crippen LogP contribution is 2.46. The van der Waals surface area contributed by atoms with E-state index in [9.17, 15) is 6.85 Å². The van der Waals surface area contributed by atoms with Gasteiger partial charge in [-0.2, -0.15) is 0 Å². The molecule has 0 fully saturated rings. The lowest BCUT2D eigenvalue weighted by Gasteiger charge is -2.19. The highest BCUT2D eigenvalue weighted by molar-refractivity contribution is 6.26. The van der Waals surface area contributed by atoms with Crippen LogP contribution in [0.2, 0.25) is 0 Å². The smallest absolute Gasteiger partial charge is 0.136 e. The van der Waals surface area contributed by atoms with Crippen molar-refractivity contribution >= 4 is 87.0 Å². The van der Waals surface area contributed by atoms with Crippen LogP contribution >= 0.6 is 0 Å². The van der Waals surface area contributed by atoms with Gasteiger partial charge in [0.1, 0.15) is 22.3 Å². The molecule has 0 aliphatic rings. The summed E-state index contributed by atoms with van der Waals surface area (Å²) in [6.07, 6.45) is 0. The predicted octanol–water partition coefficient (Wildman–Crippen LogP) is 15.1. The molecule has 0 unspecified atom stereocenters. The first-order chi connectivity index (χ1) is 33.0. The first-order valence-electron chi connectivity index (χ1n) is 24.8. The molecule has 0 saturated heterocycles. The molecule has 0 aliphatic heterocycles. The molecule has 2 heteroatoms. The van der Waals surface area contributed by atoms with Crippen LogP contribution in [0.1, 0.15) is 20.6 Å². The van der Waals surface area contributed by atoms with Crippen molar-refractivity contribution in [3.63, 3.8) is 0 Å². The van der Waals surface area contributed by atoms with Gasteiger partial charge in [0.2, 0.25) is 0 Å². The Morgan fingerprint density at radius 3 is 1.72 bits per heavy atom. The average molecular weight is 702 g/mol. The molecule has 10 aromatic carbocycles. The lowest BCUT2D eigenvalue weighted by molar-refractivity contribution is 0.663. The fraction of sp³-hybridized carbons (Fsp3) is 0.